The number of imide groups is 1. The van der Waals surface area contributed by atoms with Gasteiger partial charge in [0.05, 0.1) is 17.0 Å². The first-order valence-electron chi connectivity index (χ1n) is 5.48. The number of alkyl halides is 1. The normalized spacial score (nSPS) is 9.79. The molecule has 7 heteroatoms. The van der Waals surface area contributed by atoms with Crippen molar-refractivity contribution in [2.24, 2.45) is 0 Å². The molecule has 0 bridgehead atoms. The van der Waals surface area contributed by atoms with Crippen LogP contribution in [0.2, 0.25) is 0 Å². The molecule has 0 aliphatic rings. The molecule has 0 unspecified atom stereocenters. The number of benzene rings is 1. The summed E-state index contributed by atoms with van der Waals surface area (Å²) in [4.78, 5) is 34.4. The first kappa shape index (κ1) is 15.5. The lowest BCUT2D eigenvalue weighted by Crippen LogP contribution is -2.32. The third kappa shape index (κ3) is 4.92. The largest absolute Gasteiger partial charge is 0.325 e. The minimum atomic E-state index is -0.583. The Morgan fingerprint density at radius 1 is 1.16 bits per heavy atom. The van der Waals surface area contributed by atoms with E-state index in [1.807, 2.05) is 0 Å². The molecule has 0 aliphatic carbocycles. The molecule has 0 spiro atoms. The van der Waals surface area contributed by atoms with Gasteiger partial charge in [-0.3, -0.25) is 19.7 Å². The maximum Gasteiger partial charge on any atom is 0.259 e. The third-order valence-corrected chi connectivity index (χ3v) is 2.64. The summed E-state index contributed by atoms with van der Waals surface area (Å²) in [6.45, 7) is 0. The van der Waals surface area contributed by atoms with Crippen molar-refractivity contribution in [2.45, 2.75) is 6.42 Å². The van der Waals surface area contributed by atoms with Gasteiger partial charge in [0.15, 0.2) is 0 Å². The predicted octanol–water partition coefficient (Wildman–Crippen LogP) is 1.44. The molecular weight excluding hydrogens is 288 g/mol. The number of amides is 3. The highest BCUT2D eigenvalue weighted by Crippen LogP contribution is 2.15. The highest BCUT2D eigenvalue weighted by Gasteiger charge is 2.14. The Hall–Kier alpha value is -1.53. The number of carbonyl (C=O) groups is 3. The van der Waals surface area contributed by atoms with Gasteiger partial charge in [0, 0.05) is 12.3 Å². The Bertz CT molecular complexity index is 494. The van der Waals surface area contributed by atoms with E-state index in [1.54, 1.807) is 18.2 Å². The number of anilines is 1. The Morgan fingerprint density at radius 3 is 2.47 bits per heavy atom. The van der Waals surface area contributed by atoms with Gasteiger partial charge in [0.25, 0.3) is 5.91 Å². The van der Waals surface area contributed by atoms with Gasteiger partial charge in [-0.2, -0.15) is 12.6 Å². The van der Waals surface area contributed by atoms with Gasteiger partial charge in [-0.05, 0) is 12.1 Å². The average molecular weight is 301 g/mol. The highest BCUT2D eigenvalue weighted by atomic mass is 35.5. The molecule has 0 fully saturated rings. The van der Waals surface area contributed by atoms with Crippen LogP contribution < -0.4 is 10.6 Å². The van der Waals surface area contributed by atoms with Crippen LogP contribution in [0.15, 0.2) is 24.3 Å². The molecule has 0 aliphatic heterocycles. The van der Waals surface area contributed by atoms with Crippen LogP contribution in [0.1, 0.15) is 16.8 Å². The molecule has 3 amide bonds. The fourth-order valence-corrected chi connectivity index (χ4v) is 1.57. The number of para-hydroxylation sites is 1. The molecule has 1 rings (SSSR count). The van der Waals surface area contributed by atoms with Gasteiger partial charge in [-0.1, -0.05) is 12.1 Å². The fourth-order valence-electron chi connectivity index (χ4n) is 1.32. The number of halogens is 1. The molecule has 0 atom stereocenters. The van der Waals surface area contributed by atoms with Gasteiger partial charge < -0.3 is 5.32 Å². The third-order valence-electron chi connectivity index (χ3n) is 2.16. The molecule has 2 N–H and O–H groups in total. The van der Waals surface area contributed by atoms with Gasteiger partial charge in [0.2, 0.25) is 11.8 Å². The quantitative estimate of drug-likeness (QED) is 0.569. The zero-order valence-electron chi connectivity index (χ0n) is 9.98. The minimum absolute atomic E-state index is 0.0908. The van der Waals surface area contributed by atoms with E-state index in [0.717, 1.165) is 0 Å². The Kier molecular flexibility index (Phi) is 6.38. The molecule has 0 aromatic heterocycles. The maximum absolute atomic E-state index is 11.8. The van der Waals surface area contributed by atoms with Crippen LogP contribution in [0.3, 0.4) is 0 Å². The predicted molar refractivity (Wildman–Crippen MR) is 76.7 cm³/mol. The number of nitrogens with one attached hydrogen (secondary N) is 2. The van der Waals surface area contributed by atoms with E-state index in [1.165, 1.54) is 6.07 Å². The van der Waals surface area contributed by atoms with Gasteiger partial charge >= 0.3 is 0 Å². The summed E-state index contributed by atoms with van der Waals surface area (Å²) in [6.07, 6.45) is 0.146. The summed E-state index contributed by atoms with van der Waals surface area (Å²) >= 11 is 9.22. The SMILES string of the molecule is O=C(CS)NC(=O)c1ccccc1NC(=O)CCCl. The smallest absolute Gasteiger partial charge is 0.259 e. The second-order valence-electron chi connectivity index (χ2n) is 3.57. The van der Waals surface area contributed by atoms with Crippen LogP contribution in [0.4, 0.5) is 5.69 Å². The van der Waals surface area contributed by atoms with E-state index in [-0.39, 0.29) is 29.5 Å². The molecule has 102 valence electrons. The number of thiol groups is 1. The van der Waals surface area contributed by atoms with Crippen LogP contribution in [0.5, 0.6) is 0 Å². The van der Waals surface area contributed by atoms with Gasteiger partial charge in [-0.15, -0.1) is 11.6 Å². The lowest BCUT2D eigenvalue weighted by atomic mass is 10.1. The first-order chi connectivity index (χ1) is 9.08. The Morgan fingerprint density at radius 2 is 1.84 bits per heavy atom. The van der Waals surface area contributed by atoms with Gasteiger partial charge in [0.1, 0.15) is 0 Å². The molecule has 5 nitrogen and oxygen atoms in total. The van der Waals surface area contributed by atoms with Crippen LogP contribution >= 0.6 is 24.2 Å². The van der Waals surface area contributed by atoms with Crippen molar-refractivity contribution in [3.63, 3.8) is 0 Å². The highest BCUT2D eigenvalue weighted by molar-refractivity contribution is 7.81. The van der Waals surface area contributed by atoms with E-state index in [4.69, 9.17) is 11.6 Å². The summed E-state index contributed by atoms with van der Waals surface area (Å²) in [5.74, 6) is -1.28. The van der Waals surface area contributed by atoms with Crippen molar-refractivity contribution in [3.05, 3.63) is 29.8 Å². The second-order valence-corrected chi connectivity index (χ2v) is 4.26. The van der Waals surface area contributed by atoms with E-state index in [0.29, 0.717) is 5.69 Å². The molecule has 1 aromatic rings. The molecule has 0 heterocycles. The minimum Gasteiger partial charge on any atom is -0.325 e. The van der Waals surface area contributed by atoms with Crippen LogP contribution in [-0.2, 0) is 9.59 Å². The van der Waals surface area contributed by atoms with Crippen molar-refractivity contribution in [1.29, 1.82) is 0 Å². The number of rotatable bonds is 5. The van der Waals surface area contributed by atoms with Crippen molar-refractivity contribution in [2.75, 3.05) is 16.9 Å². The van der Waals surface area contributed by atoms with E-state index < -0.39 is 11.8 Å². The standard InChI is InChI=1S/C12H13ClN2O3S/c13-6-5-10(16)14-9-4-2-1-3-8(9)12(18)15-11(17)7-19/h1-4,19H,5-7H2,(H,14,16)(H,15,17,18). The van der Waals surface area contributed by atoms with Crippen molar-refractivity contribution >= 4 is 47.6 Å². The summed E-state index contributed by atoms with van der Waals surface area (Å²) in [7, 11) is 0. The lowest BCUT2D eigenvalue weighted by Gasteiger charge is -2.10. The monoisotopic (exact) mass is 300 g/mol. The maximum atomic E-state index is 11.8. The first-order valence-corrected chi connectivity index (χ1v) is 6.65. The molecule has 0 radical (unpaired) electrons. The lowest BCUT2D eigenvalue weighted by molar-refractivity contribution is -0.117. The molecule has 0 saturated carbocycles. The molecular formula is C12H13ClN2O3S. The summed E-state index contributed by atoms with van der Waals surface area (Å²) < 4.78 is 0. The number of hydrogen-bond acceptors (Lipinski definition) is 4. The van der Waals surface area contributed by atoms with E-state index in [2.05, 4.69) is 23.3 Å². The summed E-state index contributed by atoms with van der Waals surface area (Å²) in [6, 6.07) is 6.40. The van der Waals surface area contributed by atoms with Crippen molar-refractivity contribution < 1.29 is 14.4 Å². The number of hydrogen-bond donors (Lipinski definition) is 3. The van der Waals surface area contributed by atoms with Crippen molar-refractivity contribution in [1.82, 2.24) is 5.32 Å². The summed E-state index contributed by atoms with van der Waals surface area (Å²) in [5, 5.41) is 4.73. The van der Waals surface area contributed by atoms with E-state index >= 15 is 0 Å². The van der Waals surface area contributed by atoms with Crippen molar-refractivity contribution in [3.8, 4) is 0 Å². The second kappa shape index (κ2) is 7.81. The van der Waals surface area contributed by atoms with Gasteiger partial charge in [-0.25, -0.2) is 0 Å². The Labute approximate surface area is 121 Å². The average Bonchev–Trinajstić information content (AvgIpc) is 2.39. The van der Waals surface area contributed by atoms with Crippen LogP contribution in [0.25, 0.3) is 0 Å². The zero-order chi connectivity index (χ0) is 14.3. The molecule has 1 aromatic carbocycles. The topological polar surface area (TPSA) is 75.3 Å². The Balaban J connectivity index is 2.86. The fraction of sp³-hybridized carbons (Fsp3) is 0.250. The molecule has 0 saturated heterocycles. The van der Waals surface area contributed by atoms with Crippen LogP contribution in [-0.4, -0.2) is 29.4 Å². The zero-order valence-corrected chi connectivity index (χ0v) is 11.6. The number of carbonyl (C=O) groups excluding carboxylic acids is 3. The summed E-state index contributed by atoms with van der Waals surface area (Å²) in [5.41, 5.74) is 0.544. The van der Waals surface area contributed by atoms with E-state index in [9.17, 15) is 14.4 Å². The molecule has 19 heavy (non-hydrogen) atoms. The van der Waals surface area contributed by atoms with Crippen LogP contribution in [0, 0.1) is 0 Å².